The van der Waals surface area contributed by atoms with Gasteiger partial charge in [0.1, 0.15) is 0 Å². The first-order chi connectivity index (χ1) is 6.34. The largest absolute Gasteiger partial charge is 0.383 e. The van der Waals surface area contributed by atoms with E-state index in [-0.39, 0.29) is 0 Å². The molecule has 1 aliphatic carbocycles. The zero-order valence-corrected chi connectivity index (χ0v) is 8.81. The van der Waals surface area contributed by atoms with Gasteiger partial charge in [0.2, 0.25) is 0 Å². The highest BCUT2D eigenvalue weighted by Gasteiger charge is 2.26. The first-order valence-electron chi connectivity index (χ1n) is 5.27. The lowest BCUT2D eigenvalue weighted by Crippen LogP contribution is -2.35. The van der Waals surface area contributed by atoms with Crippen LogP contribution >= 0.6 is 0 Å². The SMILES string of the molecule is COCCNCCNC(C)C1CC1. The molecule has 1 unspecified atom stereocenters. The summed E-state index contributed by atoms with van der Waals surface area (Å²) in [5.41, 5.74) is 0. The summed E-state index contributed by atoms with van der Waals surface area (Å²) in [4.78, 5) is 0. The third-order valence-electron chi connectivity index (χ3n) is 2.58. The van der Waals surface area contributed by atoms with Crippen LogP contribution < -0.4 is 10.6 Å². The fraction of sp³-hybridized carbons (Fsp3) is 1.00. The van der Waals surface area contributed by atoms with Crippen molar-refractivity contribution in [3.63, 3.8) is 0 Å². The zero-order chi connectivity index (χ0) is 9.52. The fourth-order valence-electron chi connectivity index (χ4n) is 1.45. The first kappa shape index (κ1) is 11.0. The second-order valence-electron chi connectivity index (χ2n) is 3.82. The number of ether oxygens (including phenoxy) is 1. The standard InChI is InChI=1S/C10H22N2O/c1-9(10-3-4-10)12-6-5-11-7-8-13-2/h9-12H,3-8H2,1-2H3. The van der Waals surface area contributed by atoms with E-state index in [2.05, 4.69) is 17.6 Å². The van der Waals surface area contributed by atoms with Gasteiger partial charge in [0.25, 0.3) is 0 Å². The van der Waals surface area contributed by atoms with Crippen LogP contribution in [0.25, 0.3) is 0 Å². The monoisotopic (exact) mass is 186 g/mol. The van der Waals surface area contributed by atoms with E-state index < -0.39 is 0 Å². The lowest BCUT2D eigenvalue weighted by Gasteiger charge is -2.12. The van der Waals surface area contributed by atoms with Crippen molar-refractivity contribution < 1.29 is 4.74 Å². The van der Waals surface area contributed by atoms with Crippen LogP contribution in [0, 0.1) is 5.92 Å². The lowest BCUT2D eigenvalue weighted by molar-refractivity contribution is 0.199. The van der Waals surface area contributed by atoms with Gasteiger partial charge >= 0.3 is 0 Å². The Hall–Kier alpha value is -0.120. The van der Waals surface area contributed by atoms with E-state index in [1.54, 1.807) is 7.11 Å². The molecule has 2 N–H and O–H groups in total. The Balaban J connectivity index is 1.77. The minimum Gasteiger partial charge on any atom is -0.383 e. The van der Waals surface area contributed by atoms with E-state index in [0.717, 1.165) is 32.2 Å². The molecule has 0 heterocycles. The normalized spacial score (nSPS) is 18.9. The Kier molecular flexibility index (Phi) is 5.35. The van der Waals surface area contributed by atoms with Gasteiger partial charge in [-0.05, 0) is 25.7 Å². The molecule has 3 nitrogen and oxygen atoms in total. The highest BCUT2D eigenvalue weighted by atomic mass is 16.5. The quantitative estimate of drug-likeness (QED) is 0.545. The Labute approximate surface area is 81.2 Å². The predicted octanol–water partition coefficient (Wildman–Crippen LogP) is 0.610. The van der Waals surface area contributed by atoms with Gasteiger partial charge in [-0.2, -0.15) is 0 Å². The molecule has 13 heavy (non-hydrogen) atoms. The average Bonchev–Trinajstić information content (AvgIpc) is 2.93. The van der Waals surface area contributed by atoms with E-state index in [0.29, 0.717) is 6.04 Å². The third-order valence-corrected chi connectivity index (χ3v) is 2.58. The molecule has 0 saturated heterocycles. The summed E-state index contributed by atoms with van der Waals surface area (Å²) in [6.45, 7) is 6.16. The molecule has 1 atom stereocenters. The Morgan fingerprint density at radius 2 is 2.08 bits per heavy atom. The van der Waals surface area contributed by atoms with Crippen molar-refractivity contribution in [3.8, 4) is 0 Å². The van der Waals surface area contributed by atoms with E-state index in [4.69, 9.17) is 4.74 Å². The van der Waals surface area contributed by atoms with Crippen LogP contribution in [0.15, 0.2) is 0 Å². The molecular formula is C10H22N2O. The van der Waals surface area contributed by atoms with Gasteiger partial charge in [0, 0.05) is 32.8 Å². The highest BCUT2D eigenvalue weighted by molar-refractivity contribution is 4.83. The van der Waals surface area contributed by atoms with Crippen LogP contribution in [0.2, 0.25) is 0 Å². The van der Waals surface area contributed by atoms with E-state index >= 15 is 0 Å². The predicted molar refractivity (Wildman–Crippen MR) is 54.9 cm³/mol. The molecule has 0 amide bonds. The molecule has 0 aromatic carbocycles. The summed E-state index contributed by atoms with van der Waals surface area (Å²) < 4.78 is 4.93. The van der Waals surface area contributed by atoms with E-state index in [1.807, 2.05) is 0 Å². The van der Waals surface area contributed by atoms with Crippen molar-refractivity contribution in [3.05, 3.63) is 0 Å². The van der Waals surface area contributed by atoms with E-state index in [9.17, 15) is 0 Å². The average molecular weight is 186 g/mol. The van der Waals surface area contributed by atoms with Crippen LogP contribution in [0.3, 0.4) is 0 Å². The molecule has 3 heteroatoms. The summed E-state index contributed by atoms with van der Waals surface area (Å²) >= 11 is 0. The molecular weight excluding hydrogens is 164 g/mol. The van der Waals surface area contributed by atoms with Crippen molar-refractivity contribution in [2.24, 2.45) is 5.92 Å². The summed E-state index contributed by atoms with van der Waals surface area (Å²) in [5, 5.41) is 6.83. The molecule has 78 valence electrons. The Bertz CT molecular complexity index is 126. The second-order valence-corrected chi connectivity index (χ2v) is 3.82. The van der Waals surface area contributed by atoms with Crippen molar-refractivity contribution >= 4 is 0 Å². The molecule has 0 radical (unpaired) electrons. The maximum atomic E-state index is 4.93. The van der Waals surface area contributed by atoms with Gasteiger partial charge in [-0.15, -0.1) is 0 Å². The molecule has 0 aromatic rings. The number of rotatable bonds is 8. The zero-order valence-electron chi connectivity index (χ0n) is 8.81. The minimum absolute atomic E-state index is 0.712. The van der Waals surface area contributed by atoms with Gasteiger partial charge in [-0.1, -0.05) is 0 Å². The van der Waals surface area contributed by atoms with Crippen molar-refractivity contribution in [2.75, 3.05) is 33.4 Å². The molecule has 1 rings (SSSR count). The molecule has 1 fully saturated rings. The van der Waals surface area contributed by atoms with Crippen LogP contribution in [-0.4, -0.2) is 39.4 Å². The van der Waals surface area contributed by atoms with Crippen LogP contribution in [0.4, 0.5) is 0 Å². The van der Waals surface area contributed by atoms with Gasteiger partial charge in [0.05, 0.1) is 6.61 Å². The van der Waals surface area contributed by atoms with Crippen molar-refractivity contribution in [1.29, 1.82) is 0 Å². The summed E-state index contributed by atoms with van der Waals surface area (Å²) in [5.74, 6) is 0.957. The van der Waals surface area contributed by atoms with Crippen LogP contribution in [0.1, 0.15) is 19.8 Å². The second kappa shape index (κ2) is 6.35. The number of methoxy groups -OCH3 is 1. The molecule has 0 bridgehead atoms. The van der Waals surface area contributed by atoms with Gasteiger partial charge < -0.3 is 15.4 Å². The summed E-state index contributed by atoms with van der Waals surface area (Å²) in [6.07, 6.45) is 2.84. The first-order valence-corrected chi connectivity index (χ1v) is 5.27. The number of hydrogen-bond acceptors (Lipinski definition) is 3. The Morgan fingerprint density at radius 1 is 1.31 bits per heavy atom. The number of hydrogen-bond donors (Lipinski definition) is 2. The summed E-state index contributed by atoms with van der Waals surface area (Å²) in [6, 6.07) is 0.712. The van der Waals surface area contributed by atoms with Gasteiger partial charge in [-0.3, -0.25) is 0 Å². The van der Waals surface area contributed by atoms with E-state index in [1.165, 1.54) is 12.8 Å². The van der Waals surface area contributed by atoms with Crippen molar-refractivity contribution in [1.82, 2.24) is 10.6 Å². The molecule has 1 saturated carbocycles. The molecule has 1 aliphatic rings. The lowest BCUT2D eigenvalue weighted by atomic mass is 10.2. The Morgan fingerprint density at radius 3 is 2.69 bits per heavy atom. The maximum Gasteiger partial charge on any atom is 0.0587 e. The topological polar surface area (TPSA) is 33.3 Å². The third kappa shape index (κ3) is 5.24. The van der Waals surface area contributed by atoms with Crippen molar-refractivity contribution in [2.45, 2.75) is 25.8 Å². The molecule has 0 aliphatic heterocycles. The van der Waals surface area contributed by atoms with Crippen LogP contribution in [0.5, 0.6) is 0 Å². The number of nitrogens with one attached hydrogen (secondary N) is 2. The smallest absolute Gasteiger partial charge is 0.0587 e. The highest BCUT2D eigenvalue weighted by Crippen LogP contribution is 2.32. The van der Waals surface area contributed by atoms with Gasteiger partial charge in [-0.25, -0.2) is 0 Å². The van der Waals surface area contributed by atoms with Gasteiger partial charge in [0.15, 0.2) is 0 Å². The maximum absolute atomic E-state index is 4.93. The van der Waals surface area contributed by atoms with Crippen LogP contribution in [-0.2, 0) is 4.74 Å². The summed E-state index contributed by atoms with van der Waals surface area (Å²) in [7, 11) is 1.73. The minimum atomic E-state index is 0.712. The molecule has 0 spiro atoms. The molecule has 0 aromatic heterocycles. The fourth-order valence-corrected chi connectivity index (χ4v) is 1.45.